The van der Waals surface area contributed by atoms with Crippen molar-refractivity contribution in [2.45, 2.75) is 20.4 Å². The van der Waals surface area contributed by atoms with E-state index in [1.54, 1.807) is 12.3 Å². The summed E-state index contributed by atoms with van der Waals surface area (Å²) in [6.07, 6.45) is 1.72. The first-order chi connectivity index (χ1) is 9.61. The smallest absolute Gasteiger partial charge is 0.213 e. The van der Waals surface area contributed by atoms with Crippen LogP contribution in [0.15, 0.2) is 18.3 Å². The number of aliphatic hydroxyl groups excluding tert-OH is 1. The van der Waals surface area contributed by atoms with Crippen molar-refractivity contribution in [3.63, 3.8) is 0 Å². The Morgan fingerprint density at radius 1 is 1.35 bits per heavy atom. The van der Waals surface area contributed by atoms with Crippen molar-refractivity contribution in [1.82, 2.24) is 14.8 Å². The highest BCUT2D eigenvalue weighted by Crippen LogP contribution is 2.16. The fraction of sp³-hybridized carbons (Fsp3) is 0.429. The molecule has 6 nitrogen and oxygen atoms in total. The molecule has 2 rings (SSSR count). The molecule has 0 aliphatic carbocycles. The van der Waals surface area contributed by atoms with Crippen LogP contribution in [-0.2, 0) is 13.6 Å². The van der Waals surface area contributed by atoms with Gasteiger partial charge in [0.2, 0.25) is 5.88 Å². The summed E-state index contributed by atoms with van der Waals surface area (Å²) in [4.78, 5) is 4.16. The van der Waals surface area contributed by atoms with Gasteiger partial charge in [-0.3, -0.25) is 4.68 Å². The second-order valence-corrected chi connectivity index (χ2v) is 4.58. The van der Waals surface area contributed by atoms with Crippen molar-refractivity contribution in [2.24, 2.45) is 7.05 Å². The van der Waals surface area contributed by atoms with Gasteiger partial charge in [-0.2, -0.15) is 5.10 Å². The van der Waals surface area contributed by atoms with Gasteiger partial charge in [-0.25, -0.2) is 4.98 Å². The van der Waals surface area contributed by atoms with Crippen molar-refractivity contribution in [2.75, 3.05) is 18.5 Å². The molecule has 0 saturated carbocycles. The first-order valence-corrected chi connectivity index (χ1v) is 6.54. The standard InChI is InChI=1S/C14H20N4O2/c1-10-13(11(2)18(3)17-10)9-15-12-4-5-14(16-8-12)20-7-6-19/h4-5,8,15,19H,6-7,9H2,1-3H3. The Kier molecular flexibility index (Phi) is 4.57. The minimum atomic E-state index is -0.0127. The number of aryl methyl sites for hydroxylation is 2. The Morgan fingerprint density at radius 3 is 2.70 bits per heavy atom. The topological polar surface area (TPSA) is 72.2 Å². The number of nitrogens with one attached hydrogen (secondary N) is 1. The molecule has 2 aromatic heterocycles. The average molecular weight is 276 g/mol. The lowest BCUT2D eigenvalue weighted by molar-refractivity contribution is 0.196. The highest BCUT2D eigenvalue weighted by atomic mass is 16.5. The summed E-state index contributed by atoms with van der Waals surface area (Å²) in [6.45, 7) is 5.02. The molecule has 2 aromatic rings. The monoisotopic (exact) mass is 276 g/mol. The van der Waals surface area contributed by atoms with E-state index in [-0.39, 0.29) is 13.2 Å². The molecule has 20 heavy (non-hydrogen) atoms. The Hall–Kier alpha value is -2.08. The molecule has 0 fully saturated rings. The van der Waals surface area contributed by atoms with Gasteiger partial charge in [0.15, 0.2) is 0 Å². The summed E-state index contributed by atoms with van der Waals surface area (Å²) >= 11 is 0. The van der Waals surface area contributed by atoms with Gasteiger partial charge in [0.05, 0.1) is 24.2 Å². The van der Waals surface area contributed by atoms with Gasteiger partial charge in [-0.15, -0.1) is 0 Å². The molecule has 0 saturated heterocycles. The number of aromatic nitrogens is 3. The van der Waals surface area contributed by atoms with Gasteiger partial charge in [0, 0.05) is 30.9 Å². The Bertz CT molecular complexity index is 563. The number of pyridine rings is 1. The maximum atomic E-state index is 8.67. The lowest BCUT2D eigenvalue weighted by atomic mass is 10.2. The first-order valence-electron chi connectivity index (χ1n) is 6.54. The van der Waals surface area contributed by atoms with Crippen LogP contribution < -0.4 is 10.1 Å². The minimum absolute atomic E-state index is 0.0127. The largest absolute Gasteiger partial charge is 0.475 e. The number of rotatable bonds is 6. The SMILES string of the molecule is Cc1nn(C)c(C)c1CNc1ccc(OCCO)nc1. The summed E-state index contributed by atoms with van der Waals surface area (Å²) < 4.78 is 7.10. The van der Waals surface area contributed by atoms with Crippen LogP contribution in [0.2, 0.25) is 0 Å². The minimum Gasteiger partial charge on any atom is -0.475 e. The zero-order valence-electron chi connectivity index (χ0n) is 12.1. The lowest BCUT2D eigenvalue weighted by Crippen LogP contribution is -2.05. The molecule has 2 N–H and O–H groups in total. The molecule has 2 heterocycles. The summed E-state index contributed by atoms with van der Waals surface area (Å²) in [6, 6.07) is 3.68. The van der Waals surface area contributed by atoms with E-state index in [9.17, 15) is 0 Å². The maximum absolute atomic E-state index is 8.67. The maximum Gasteiger partial charge on any atom is 0.213 e. The van der Waals surface area contributed by atoms with Crippen molar-refractivity contribution < 1.29 is 9.84 Å². The van der Waals surface area contributed by atoms with E-state index >= 15 is 0 Å². The fourth-order valence-electron chi connectivity index (χ4n) is 1.98. The van der Waals surface area contributed by atoms with Gasteiger partial charge in [0.25, 0.3) is 0 Å². The summed E-state index contributed by atoms with van der Waals surface area (Å²) in [5.74, 6) is 0.512. The first kappa shape index (κ1) is 14.3. The molecule has 0 radical (unpaired) electrons. The highest BCUT2D eigenvalue weighted by molar-refractivity contribution is 5.43. The van der Waals surface area contributed by atoms with Crippen molar-refractivity contribution in [3.8, 4) is 5.88 Å². The quantitative estimate of drug-likeness (QED) is 0.834. The van der Waals surface area contributed by atoms with Crippen LogP contribution in [0.1, 0.15) is 17.0 Å². The summed E-state index contributed by atoms with van der Waals surface area (Å²) in [5, 5.41) is 16.4. The molecule has 0 bridgehead atoms. The number of nitrogens with zero attached hydrogens (tertiary/aromatic N) is 3. The number of ether oxygens (including phenoxy) is 1. The third kappa shape index (κ3) is 3.27. The van der Waals surface area contributed by atoms with Gasteiger partial charge in [0.1, 0.15) is 6.61 Å². The van der Waals surface area contributed by atoms with Crippen LogP contribution in [0.5, 0.6) is 5.88 Å². The van der Waals surface area contributed by atoms with Crippen LogP contribution in [0.3, 0.4) is 0 Å². The van der Waals surface area contributed by atoms with E-state index in [1.165, 1.54) is 5.56 Å². The number of hydrogen-bond donors (Lipinski definition) is 2. The van der Waals surface area contributed by atoms with E-state index in [2.05, 4.69) is 22.3 Å². The van der Waals surface area contributed by atoms with Crippen LogP contribution in [-0.4, -0.2) is 33.1 Å². The predicted molar refractivity (Wildman–Crippen MR) is 76.8 cm³/mol. The molecule has 0 aromatic carbocycles. The normalized spacial score (nSPS) is 10.6. The van der Waals surface area contributed by atoms with Crippen molar-refractivity contribution >= 4 is 5.69 Å². The molecule has 0 unspecified atom stereocenters. The number of anilines is 1. The second-order valence-electron chi connectivity index (χ2n) is 4.58. The molecule has 0 aliphatic rings. The van der Waals surface area contributed by atoms with Crippen molar-refractivity contribution in [3.05, 3.63) is 35.3 Å². The van der Waals surface area contributed by atoms with E-state index in [0.717, 1.165) is 17.1 Å². The third-order valence-electron chi connectivity index (χ3n) is 3.21. The molecular formula is C14H20N4O2. The molecule has 0 aliphatic heterocycles. The molecule has 0 spiro atoms. The van der Waals surface area contributed by atoms with Crippen molar-refractivity contribution in [1.29, 1.82) is 0 Å². The molecule has 108 valence electrons. The zero-order chi connectivity index (χ0) is 14.5. The van der Waals surface area contributed by atoms with Crippen LogP contribution in [0.4, 0.5) is 5.69 Å². The predicted octanol–water partition coefficient (Wildman–Crippen LogP) is 1.42. The van der Waals surface area contributed by atoms with Crippen LogP contribution in [0.25, 0.3) is 0 Å². The second kappa shape index (κ2) is 6.38. The molecular weight excluding hydrogens is 256 g/mol. The molecule has 6 heteroatoms. The number of aliphatic hydroxyl groups is 1. The van der Waals surface area contributed by atoms with Crippen LogP contribution in [0, 0.1) is 13.8 Å². The van der Waals surface area contributed by atoms with E-state index in [1.807, 2.05) is 24.7 Å². The van der Waals surface area contributed by atoms with Gasteiger partial charge in [-0.05, 0) is 19.9 Å². The summed E-state index contributed by atoms with van der Waals surface area (Å²) in [7, 11) is 1.95. The fourth-order valence-corrected chi connectivity index (χ4v) is 1.98. The Morgan fingerprint density at radius 2 is 2.15 bits per heavy atom. The van der Waals surface area contributed by atoms with E-state index in [0.29, 0.717) is 12.4 Å². The average Bonchev–Trinajstić information content (AvgIpc) is 2.69. The van der Waals surface area contributed by atoms with E-state index < -0.39 is 0 Å². The third-order valence-corrected chi connectivity index (χ3v) is 3.21. The summed E-state index contributed by atoms with van der Waals surface area (Å²) in [5.41, 5.74) is 4.32. The van der Waals surface area contributed by atoms with Gasteiger partial charge >= 0.3 is 0 Å². The lowest BCUT2D eigenvalue weighted by Gasteiger charge is -2.08. The van der Waals surface area contributed by atoms with Gasteiger partial charge < -0.3 is 15.2 Å². The molecule has 0 amide bonds. The number of hydrogen-bond acceptors (Lipinski definition) is 5. The highest BCUT2D eigenvalue weighted by Gasteiger charge is 2.08. The zero-order valence-corrected chi connectivity index (χ0v) is 12.1. The molecule has 0 atom stereocenters. The van der Waals surface area contributed by atoms with Gasteiger partial charge in [-0.1, -0.05) is 0 Å². The Labute approximate surface area is 118 Å². The van der Waals surface area contributed by atoms with Crippen LogP contribution >= 0.6 is 0 Å². The van der Waals surface area contributed by atoms with E-state index in [4.69, 9.17) is 9.84 Å². The Balaban J connectivity index is 1.97.